The van der Waals surface area contributed by atoms with Gasteiger partial charge >= 0.3 is 5.97 Å². The van der Waals surface area contributed by atoms with Crippen molar-refractivity contribution >= 4 is 23.4 Å². The summed E-state index contributed by atoms with van der Waals surface area (Å²) < 4.78 is 4.60. The molecule has 0 fully saturated rings. The molecule has 0 N–H and O–H groups in total. The number of carbonyl (C=O) groups excluding carboxylic acids is 2. The van der Waals surface area contributed by atoms with Crippen LogP contribution in [0.25, 0.3) is 11.6 Å². The molecule has 3 heteroatoms. The van der Waals surface area contributed by atoms with Crippen molar-refractivity contribution in [3.63, 3.8) is 0 Å². The van der Waals surface area contributed by atoms with Crippen LogP contribution in [0.4, 0.5) is 0 Å². The van der Waals surface area contributed by atoms with Crippen molar-refractivity contribution < 1.29 is 14.3 Å². The van der Waals surface area contributed by atoms with Crippen LogP contribution in [0, 0.1) is 0 Å². The number of esters is 1. The molecular formula is C21H22O3. The van der Waals surface area contributed by atoms with Crippen LogP contribution in [0.5, 0.6) is 0 Å². The zero-order valence-electron chi connectivity index (χ0n) is 14.1. The number of ketones is 1. The molecule has 0 aliphatic heterocycles. The highest BCUT2D eigenvalue weighted by Crippen LogP contribution is 2.25. The van der Waals surface area contributed by atoms with E-state index in [2.05, 4.69) is 23.8 Å². The van der Waals surface area contributed by atoms with Crippen molar-refractivity contribution in [3.05, 3.63) is 71.3 Å². The number of ether oxygens (including phenoxy) is 1. The largest absolute Gasteiger partial charge is 0.469 e. The minimum Gasteiger partial charge on any atom is -0.469 e. The number of rotatable bonds is 7. The maximum atomic E-state index is 12.4. The quantitative estimate of drug-likeness (QED) is 0.319. The van der Waals surface area contributed by atoms with Crippen molar-refractivity contribution in [1.29, 1.82) is 0 Å². The summed E-state index contributed by atoms with van der Waals surface area (Å²) in [7, 11) is 1.29. The first-order valence-electron chi connectivity index (χ1n) is 8.10. The van der Waals surface area contributed by atoms with Gasteiger partial charge in [-0.25, -0.2) is 0 Å². The van der Waals surface area contributed by atoms with Gasteiger partial charge < -0.3 is 4.74 Å². The molecule has 0 aliphatic carbocycles. The first kappa shape index (κ1) is 17.7. The fourth-order valence-corrected chi connectivity index (χ4v) is 2.58. The average molecular weight is 322 g/mol. The maximum Gasteiger partial charge on any atom is 0.313 e. The Morgan fingerprint density at radius 1 is 1.00 bits per heavy atom. The molecule has 0 heterocycles. The summed E-state index contributed by atoms with van der Waals surface area (Å²) in [5.74, 6) is -0.742. The Balaban J connectivity index is 2.40. The van der Waals surface area contributed by atoms with Crippen LogP contribution in [-0.4, -0.2) is 18.9 Å². The number of allylic oxidation sites excluding steroid dienone is 1. The topological polar surface area (TPSA) is 43.4 Å². The monoisotopic (exact) mass is 322 g/mol. The van der Waals surface area contributed by atoms with Crippen LogP contribution in [0.2, 0.25) is 0 Å². The van der Waals surface area contributed by atoms with E-state index in [1.54, 1.807) is 6.07 Å². The van der Waals surface area contributed by atoms with Gasteiger partial charge in [0.15, 0.2) is 5.78 Å². The number of hydrogen-bond acceptors (Lipinski definition) is 3. The third-order valence-corrected chi connectivity index (χ3v) is 3.79. The normalized spacial score (nSPS) is 11.2. The van der Waals surface area contributed by atoms with E-state index in [9.17, 15) is 9.59 Å². The highest BCUT2D eigenvalue weighted by molar-refractivity contribution is 6.08. The van der Waals surface area contributed by atoms with Crippen molar-refractivity contribution in [1.82, 2.24) is 0 Å². The molecule has 0 saturated carbocycles. The maximum absolute atomic E-state index is 12.4. The van der Waals surface area contributed by atoms with E-state index in [1.165, 1.54) is 12.7 Å². The highest BCUT2D eigenvalue weighted by atomic mass is 16.5. The van der Waals surface area contributed by atoms with Crippen molar-refractivity contribution in [3.8, 4) is 0 Å². The molecule has 0 unspecified atom stereocenters. The first-order chi connectivity index (χ1) is 11.7. The lowest BCUT2D eigenvalue weighted by Crippen LogP contribution is -2.10. The van der Waals surface area contributed by atoms with Gasteiger partial charge in [0.05, 0.1) is 7.11 Å². The molecule has 0 aliphatic rings. The number of methoxy groups -OCH3 is 1. The second-order valence-corrected chi connectivity index (χ2v) is 5.55. The molecule has 3 nitrogen and oxygen atoms in total. The SMILES string of the molecule is CCC/C(=C\c1ccccc1C(=O)CC(=O)OC)c1ccccc1. The second-order valence-electron chi connectivity index (χ2n) is 5.55. The van der Waals surface area contributed by atoms with E-state index in [1.807, 2.05) is 42.5 Å². The lowest BCUT2D eigenvalue weighted by Gasteiger charge is -2.10. The fourth-order valence-electron chi connectivity index (χ4n) is 2.58. The van der Waals surface area contributed by atoms with Crippen molar-refractivity contribution in [2.24, 2.45) is 0 Å². The minimum absolute atomic E-state index is 0.224. The molecule has 0 spiro atoms. The molecule has 2 aromatic carbocycles. The Bertz CT molecular complexity index is 730. The van der Waals surface area contributed by atoms with Gasteiger partial charge in [-0.15, -0.1) is 0 Å². The number of benzene rings is 2. The number of carbonyl (C=O) groups is 2. The zero-order valence-corrected chi connectivity index (χ0v) is 14.1. The Kier molecular flexibility index (Phi) is 6.50. The van der Waals surface area contributed by atoms with E-state index in [0.29, 0.717) is 5.56 Å². The van der Waals surface area contributed by atoms with Gasteiger partial charge in [-0.05, 0) is 23.1 Å². The van der Waals surface area contributed by atoms with Gasteiger partial charge in [0, 0.05) is 5.56 Å². The van der Waals surface area contributed by atoms with Gasteiger partial charge in [0.1, 0.15) is 6.42 Å². The highest BCUT2D eigenvalue weighted by Gasteiger charge is 2.15. The number of hydrogen-bond donors (Lipinski definition) is 0. The summed E-state index contributed by atoms with van der Waals surface area (Å²) in [6, 6.07) is 17.5. The molecule has 24 heavy (non-hydrogen) atoms. The molecule has 0 aromatic heterocycles. The fraction of sp³-hybridized carbons (Fsp3) is 0.238. The van der Waals surface area contributed by atoms with Crippen LogP contribution in [0.15, 0.2) is 54.6 Å². The van der Waals surface area contributed by atoms with Gasteiger partial charge in [-0.2, -0.15) is 0 Å². The summed E-state index contributed by atoms with van der Waals surface area (Å²) in [5.41, 5.74) is 3.71. The summed E-state index contributed by atoms with van der Waals surface area (Å²) in [6.45, 7) is 2.13. The molecule has 0 bridgehead atoms. The van der Waals surface area contributed by atoms with E-state index in [4.69, 9.17) is 0 Å². The van der Waals surface area contributed by atoms with Gasteiger partial charge in [0.25, 0.3) is 0 Å². The summed E-state index contributed by atoms with van der Waals surface area (Å²) in [4.78, 5) is 23.8. The van der Waals surface area contributed by atoms with Gasteiger partial charge in [0.2, 0.25) is 0 Å². The molecular weight excluding hydrogens is 300 g/mol. The third-order valence-electron chi connectivity index (χ3n) is 3.79. The minimum atomic E-state index is -0.518. The molecule has 0 saturated heterocycles. The van der Waals surface area contributed by atoms with Crippen LogP contribution >= 0.6 is 0 Å². The van der Waals surface area contributed by atoms with Crippen LogP contribution in [0.3, 0.4) is 0 Å². The first-order valence-corrected chi connectivity index (χ1v) is 8.10. The Labute approximate surface area is 143 Å². The van der Waals surface area contributed by atoms with Gasteiger partial charge in [-0.1, -0.05) is 74.0 Å². The van der Waals surface area contributed by atoms with E-state index in [-0.39, 0.29) is 12.2 Å². The van der Waals surface area contributed by atoms with E-state index < -0.39 is 5.97 Å². The summed E-state index contributed by atoms with van der Waals surface area (Å²) in [6.07, 6.45) is 3.74. The Morgan fingerprint density at radius 3 is 2.33 bits per heavy atom. The Hall–Kier alpha value is -2.68. The predicted molar refractivity (Wildman–Crippen MR) is 96.6 cm³/mol. The third kappa shape index (κ3) is 4.66. The van der Waals surface area contributed by atoms with Crippen molar-refractivity contribution in [2.45, 2.75) is 26.2 Å². The van der Waals surface area contributed by atoms with E-state index in [0.717, 1.165) is 24.0 Å². The molecule has 124 valence electrons. The number of Topliss-reactive ketones (excluding diaryl/α,β-unsaturated/α-hetero) is 1. The summed E-state index contributed by atoms with van der Waals surface area (Å²) >= 11 is 0. The molecule has 0 atom stereocenters. The molecule has 0 radical (unpaired) electrons. The lowest BCUT2D eigenvalue weighted by molar-refractivity contribution is -0.139. The molecule has 0 amide bonds. The second kappa shape index (κ2) is 8.82. The molecule has 2 aromatic rings. The summed E-state index contributed by atoms with van der Waals surface area (Å²) in [5, 5.41) is 0. The van der Waals surface area contributed by atoms with Crippen molar-refractivity contribution in [2.75, 3.05) is 7.11 Å². The zero-order chi connectivity index (χ0) is 17.4. The Morgan fingerprint density at radius 2 is 1.67 bits per heavy atom. The van der Waals surface area contributed by atoms with Gasteiger partial charge in [-0.3, -0.25) is 9.59 Å². The average Bonchev–Trinajstić information content (AvgIpc) is 2.62. The van der Waals surface area contributed by atoms with Crippen LogP contribution in [-0.2, 0) is 9.53 Å². The van der Waals surface area contributed by atoms with Crippen LogP contribution in [0.1, 0.15) is 47.7 Å². The lowest BCUT2D eigenvalue weighted by atomic mass is 9.95. The standard InChI is InChI=1S/C21H22O3/c1-3-9-17(16-10-5-4-6-11-16)14-18-12-7-8-13-19(18)20(22)15-21(23)24-2/h4-8,10-14H,3,9,15H2,1-2H3/b17-14+. The smallest absolute Gasteiger partial charge is 0.313 e. The predicted octanol–water partition coefficient (Wildman–Crippen LogP) is 4.77. The van der Waals surface area contributed by atoms with Crippen LogP contribution < -0.4 is 0 Å². The van der Waals surface area contributed by atoms with E-state index >= 15 is 0 Å². The molecule has 2 rings (SSSR count).